The van der Waals surface area contributed by atoms with E-state index in [1.54, 1.807) is 6.08 Å². The average molecular weight is 1480 g/mol. The zero-order valence-corrected chi connectivity index (χ0v) is 68.3. The van der Waals surface area contributed by atoms with Gasteiger partial charge in [0, 0.05) is 6.42 Å². The van der Waals surface area contributed by atoms with Crippen LogP contribution in [0.15, 0.2) is 12.2 Å². The molecule has 12 atom stereocenters. The first kappa shape index (κ1) is 98.8. The van der Waals surface area contributed by atoms with Crippen LogP contribution >= 0.6 is 0 Å². The summed E-state index contributed by atoms with van der Waals surface area (Å²) in [5, 5.41) is 87.9. The molecule has 2 rings (SSSR count). The minimum absolute atomic E-state index is 0.227. The fourth-order valence-electron chi connectivity index (χ4n) is 15.8. The van der Waals surface area contributed by atoms with Gasteiger partial charge in [-0.1, -0.05) is 450 Å². The maximum Gasteiger partial charge on any atom is 0.220 e. The lowest BCUT2D eigenvalue weighted by Gasteiger charge is -2.46. The van der Waals surface area contributed by atoms with Crippen molar-refractivity contribution >= 4 is 5.91 Å². The summed E-state index contributed by atoms with van der Waals surface area (Å²) in [4.78, 5) is 13.4. The Kier molecular flexibility index (Phi) is 70.8. The second-order valence-corrected chi connectivity index (χ2v) is 32.8. The number of amides is 1. The monoisotopic (exact) mass is 1480 g/mol. The van der Waals surface area contributed by atoms with E-state index in [2.05, 4.69) is 19.2 Å². The summed E-state index contributed by atoms with van der Waals surface area (Å²) < 4.78 is 23.0. The Morgan fingerprint density at radius 1 is 0.337 bits per heavy atom. The number of hydrogen-bond acceptors (Lipinski definition) is 13. The van der Waals surface area contributed by atoms with Crippen LogP contribution in [0.4, 0.5) is 0 Å². The van der Waals surface area contributed by atoms with E-state index in [-0.39, 0.29) is 18.9 Å². The highest BCUT2D eigenvalue weighted by atomic mass is 16.7. The molecule has 1 amide bonds. The zero-order valence-electron chi connectivity index (χ0n) is 68.3. The molecule has 0 aromatic carbocycles. The lowest BCUT2D eigenvalue weighted by Crippen LogP contribution is -2.65. The summed E-state index contributed by atoms with van der Waals surface area (Å²) in [6, 6.07) is -0.913. The Morgan fingerprint density at radius 2 is 0.596 bits per heavy atom. The van der Waals surface area contributed by atoms with Crippen LogP contribution in [-0.4, -0.2) is 140 Å². The first-order valence-electron chi connectivity index (χ1n) is 45.9. The molecule has 9 N–H and O–H groups in total. The molecule has 104 heavy (non-hydrogen) atoms. The van der Waals surface area contributed by atoms with E-state index in [0.29, 0.717) is 0 Å². The number of allylic oxidation sites excluding steroid dienone is 1. The second-order valence-electron chi connectivity index (χ2n) is 32.8. The van der Waals surface area contributed by atoms with Gasteiger partial charge in [0.25, 0.3) is 0 Å². The topological polar surface area (TPSA) is 228 Å². The summed E-state index contributed by atoms with van der Waals surface area (Å²) in [5.74, 6) is -0.227. The van der Waals surface area contributed by atoms with Gasteiger partial charge in [-0.15, -0.1) is 0 Å². The molecule has 2 saturated heterocycles. The van der Waals surface area contributed by atoms with Gasteiger partial charge >= 0.3 is 0 Å². The number of aliphatic hydroxyl groups is 8. The third-order valence-corrected chi connectivity index (χ3v) is 23.0. The predicted octanol–water partition coefficient (Wildman–Crippen LogP) is 22.4. The summed E-state index contributed by atoms with van der Waals surface area (Å²) in [5.41, 5.74) is 0. The van der Waals surface area contributed by atoms with Crippen LogP contribution in [0.25, 0.3) is 0 Å². The Bertz CT molecular complexity index is 1790. The molecule has 2 aliphatic rings. The Balaban J connectivity index is 1.55. The summed E-state index contributed by atoms with van der Waals surface area (Å²) in [6.45, 7) is 2.89. The Morgan fingerprint density at radius 3 is 0.885 bits per heavy atom. The number of rotatable bonds is 80. The van der Waals surface area contributed by atoms with Crippen molar-refractivity contribution in [2.24, 2.45) is 0 Å². The normalized spacial score (nSPS) is 21.4. The van der Waals surface area contributed by atoms with Gasteiger partial charge in [0.1, 0.15) is 48.8 Å². The van der Waals surface area contributed by atoms with Crippen LogP contribution < -0.4 is 5.32 Å². The van der Waals surface area contributed by atoms with Crippen LogP contribution in [0.3, 0.4) is 0 Å². The number of carbonyl (C=O) groups is 1. The van der Waals surface area contributed by atoms with E-state index < -0.39 is 86.8 Å². The molecule has 0 spiro atoms. The van der Waals surface area contributed by atoms with Gasteiger partial charge in [0.15, 0.2) is 12.6 Å². The van der Waals surface area contributed by atoms with E-state index in [4.69, 9.17) is 18.9 Å². The van der Waals surface area contributed by atoms with Crippen molar-refractivity contribution in [1.29, 1.82) is 0 Å². The Hall–Kier alpha value is -1.27. The molecule has 2 heterocycles. The standard InChI is InChI=1S/C90H175NO13/c1-3-5-7-9-11-13-15-17-19-21-23-25-27-29-31-33-35-37-38-39-40-42-44-46-48-50-52-54-56-58-60-62-64-66-68-70-72-74-82(95)91-78(77-101-89-87(100)85(98)88(81(76-93)103-89)104-90-86(99)84(97)83(96)80(75-92)102-90)79(94)73-71-69-67-65-63-61-59-57-55-53-51-49-47-45-43-41-36-34-32-30-28-26-24-22-20-18-16-14-12-10-8-6-4-2/h71,73,78-81,83-90,92-94,96-100H,3-70,72,74-77H2,1-2H3,(H,91,95)/b73-71+. The number of nitrogens with one attached hydrogen (secondary N) is 1. The highest BCUT2D eigenvalue weighted by molar-refractivity contribution is 5.76. The van der Waals surface area contributed by atoms with Gasteiger partial charge in [-0.25, -0.2) is 0 Å². The fraction of sp³-hybridized carbons (Fsp3) is 0.967. The van der Waals surface area contributed by atoms with Gasteiger partial charge in [-0.2, -0.15) is 0 Å². The lowest BCUT2D eigenvalue weighted by molar-refractivity contribution is -0.359. The predicted molar refractivity (Wildman–Crippen MR) is 434 cm³/mol. The minimum atomic E-state index is -1.79. The molecule has 0 radical (unpaired) electrons. The van der Waals surface area contributed by atoms with Crippen molar-refractivity contribution in [2.75, 3.05) is 19.8 Å². The van der Waals surface area contributed by atoms with Crippen LogP contribution in [0.5, 0.6) is 0 Å². The van der Waals surface area contributed by atoms with Crippen molar-refractivity contribution in [3.05, 3.63) is 12.2 Å². The van der Waals surface area contributed by atoms with Gasteiger partial charge in [-0.3, -0.25) is 4.79 Å². The number of unbranched alkanes of at least 4 members (excludes halogenated alkanes) is 67. The molecule has 0 bridgehead atoms. The van der Waals surface area contributed by atoms with Crippen LogP contribution in [-0.2, 0) is 23.7 Å². The van der Waals surface area contributed by atoms with Crippen molar-refractivity contribution in [2.45, 2.75) is 537 Å². The number of hydrogen-bond donors (Lipinski definition) is 9. The summed E-state index contributed by atoms with van der Waals surface area (Å²) >= 11 is 0. The van der Waals surface area contributed by atoms with Gasteiger partial charge in [-0.05, 0) is 19.3 Å². The number of ether oxygens (including phenoxy) is 4. The van der Waals surface area contributed by atoms with E-state index in [1.165, 1.54) is 398 Å². The summed E-state index contributed by atoms with van der Waals surface area (Å²) in [7, 11) is 0. The van der Waals surface area contributed by atoms with Gasteiger partial charge in [0.2, 0.25) is 5.91 Å². The molecule has 618 valence electrons. The molecule has 12 unspecified atom stereocenters. The van der Waals surface area contributed by atoms with Crippen molar-refractivity contribution in [1.82, 2.24) is 5.32 Å². The zero-order chi connectivity index (χ0) is 75.1. The molecule has 0 aliphatic carbocycles. The quantitative estimate of drug-likeness (QED) is 0.0204. The van der Waals surface area contributed by atoms with Crippen molar-refractivity contribution < 1.29 is 64.6 Å². The van der Waals surface area contributed by atoms with Crippen LogP contribution in [0, 0.1) is 0 Å². The molecule has 2 aliphatic heterocycles. The summed E-state index contributed by atoms with van der Waals surface area (Å²) in [6.07, 6.45) is 80.6. The highest BCUT2D eigenvalue weighted by Crippen LogP contribution is 2.31. The first-order valence-corrected chi connectivity index (χ1v) is 45.9. The van der Waals surface area contributed by atoms with E-state index in [0.717, 1.165) is 44.9 Å². The molecular formula is C90H175NO13. The maximum absolute atomic E-state index is 13.4. The fourth-order valence-corrected chi connectivity index (χ4v) is 15.8. The SMILES string of the molecule is CCCCCCCCCCCCCCCCCCCCCCCCCCCCCCCCC/C=C/C(O)C(COC1OC(CO)C(OC2OC(CO)C(O)C(O)C2O)C(O)C1O)NC(=O)CCCCCCCCCCCCCCCCCCCCCCCCCCCCCCCCCCCCCCC. The molecule has 0 aromatic rings. The Labute approximate surface area is 641 Å². The van der Waals surface area contributed by atoms with Crippen molar-refractivity contribution in [3.8, 4) is 0 Å². The van der Waals surface area contributed by atoms with E-state index in [9.17, 15) is 45.6 Å². The second kappa shape index (κ2) is 74.5. The molecule has 14 nitrogen and oxygen atoms in total. The maximum atomic E-state index is 13.4. The largest absolute Gasteiger partial charge is 0.394 e. The van der Waals surface area contributed by atoms with Crippen LogP contribution in [0.1, 0.15) is 463 Å². The minimum Gasteiger partial charge on any atom is -0.394 e. The number of aliphatic hydroxyl groups excluding tert-OH is 8. The first-order chi connectivity index (χ1) is 51.1. The third kappa shape index (κ3) is 56.0. The lowest BCUT2D eigenvalue weighted by atomic mass is 9.97. The smallest absolute Gasteiger partial charge is 0.220 e. The molecule has 14 heteroatoms. The molecular weight excluding hydrogens is 1300 g/mol. The van der Waals surface area contributed by atoms with E-state index >= 15 is 0 Å². The average Bonchev–Trinajstić information content (AvgIpc) is 0.791. The molecule has 0 aromatic heterocycles. The van der Waals surface area contributed by atoms with Crippen molar-refractivity contribution in [3.63, 3.8) is 0 Å². The third-order valence-electron chi connectivity index (χ3n) is 23.0. The molecule has 0 saturated carbocycles. The highest BCUT2D eigenvalue weighted by Gasteiger charge is 2.51. The number of carbonyl (C=O) groups excluding carboxylic acids is 1. The van der Waals surface area contributed by atoms with Crippen LogP contribution in [0.2, 0.25) is 0 Å². The van der Waals surface area contributed by atoms with Gasteiger partial charge in [0.05, 0.1) is 32.0 Å². The van der Waals surface area contributed by atoms with Gasteiger partial charge < -0.3 is 65.1 Å². The molecule has 2 fully saturated rings. The van der Waals surface area contributed by atoms with E-state index in [1.807, 2.05) is 6.08 Å².